The lowest BCUT2D eigenvalue weighted by atomic mass is 10.1. The third-order valence-corrected chi connectivity index (χ3v) is 7.04. The Balaban J connectivity index is 2.10. The summed E-state index contributed by atoms with van der Waals surface area (Å²) in [5.74, 6) is 0.530. The third kappa shape index (κ3) is 7.90. The fourth-order valence-corrected chi connectivity index (χ4v) is 4.20. The molecule has 0 fully saturated rings. The molecule has 2 aromatic rings. The van der Waals surface area contributed by atoms with Gasteiger partial charge in [0.1, 0.15) is 6.04 Å². The lowest BCUT2D eigenvalue weighted by Crippen LogP contribution is -2.50. The highest BCUT2D eigenvalue weighted by molar-refractivity contribution is 7.99. The van der Waals surface area contributed by atoms with E-state index in [0.717, 1.165) is 17.5 Å². The second kappa shape index (κ2) is 12.6. The molecule has 2 rings (SSSR count). The Bertz CT molecular complexity index is 910. The first kappa shape index (κ1) is 25.9. The Kier molecular flexibility index (Phi) is 10.5. The van der Waals surface area contributed by atoms with Gasteiger partial charge in [0.05, 0.1) is 15.8 Å². The molecule has 0 aliphatic rings. The number of nitrogens with one attached hydrogen (secondary N) is 1. The monoisotopic (exact) mass is 500 g/mol. The largest absolute Gasteiger partial charge is 0.352 e. The Labute approximate surface area is 203 Å². The number of benzene rings is 2. The van der Waals surface area contributed by atoms with Gasteiger partial charge in [-0.3, -0.25) is 9.59 Å². The second-order valence-corrected chi connectivity index (χ2v) is 9.56. The molecule has 0 saturated heterocycles. The number of carbonyl (C=O) groups is 2. The number of hydrogen-bond acceptors (Lipinski definition) is 3. The maximum atomic E-state index is 13.1. The minimum absolute atomic E-state index is 0.0382. The van der Waals surface area contributed by atoms with Crippen LogP contribution in [0.1, 0.15) is 38.3 Å². The standard InChI is InChI=1S/C23H27Cl3N2O2S/c1-4-15(2)27-23(30)16(3)28(12-18-7-5-6-8-19(18)24)22(29)14-31-13-17-9-10-20(25)21(26)11-17/h5-11,15-16H,4,12-14H2,1-3H3,(H,27,30)/t15-,16+/m1/s1. The third-order valence-electron chi connectivity index (χ3n) is 4.95. The van der Waals surface area contributed by atoms with Crippen molar-refractivity contribution in [3.63, 3.8) is 0 Å². The molecule has 0 unspecified atom stereocenters. The van der Waals surface area contributed by atoms with Crippen molar-refractivity contribution in [1.29, 1.82) is 0 Å². The van der Waals surface area contributed by atoms with Crippen LogP contribution in [-0.2, 0) is 21.9 Å². The van der Waals surface area contributed by atoms with Crippen molar-refractivity contribution < 1.29 is 9.59 Å². The summed E-state index contributed by atoms with van der Waals surface area (Å²) in [4.78, 5) is 27.4. The van der Waals surface area contributed by atoms with E-state index < -0.39 is 6.04 Å². The number of amides is 2. The fraction of sp³-hybridized carbons (Fsp3) is 0.391. The van der Waals surface area contributed by atoms with Crippen molar-refractivity contribution in [2.45, 2.75) is 51.6 Å². The Morgan fingerprint density at radius 3 is 2.39 bits per heavy atom. The molecule has 0 spiro atoms. The summed E-state index contributed by atoms with van der Waals surface area (Å²) in [6.07, 6.45) is 0.816. The quantitative estimate of drug-likeness (QED) is 0.421. The summed E-state index contributed by atoms with van der Waals surface area (Å²) in [6, 6.07) is 12.2. The highest BCUT2D eigenvalue weighted by Gasteiger charge is 2.27. The van der Waals surface area contributed by atoms with E-state index in [1.165, 1.54) is 11.8 Å². The van der Waals surface area contributed by atoms with Crippen molar-refractivity contribution in [2.24, 2.45) is 0 Å². The van der Waals surface area contributed by atoms with Crippen LogP contribution in [0.25, 0.3) is 0 Å². The Morgan fingerprint density at radius 2 is 1.74 bits per heavy atom. The number of nitrogens with zero attached hydrogens (tertiary/aromatic N) is 1. The van der Waals surface area contributed by atoms with Gasteiger partial charge in [0.15, 0.2) is 0 Å². The molecule has 0 saturated carbocycles. The van der Waals surface area contributed by atoms with Crippen LogP contribution in [0.15, 0.2) is 42.5 Å². The maximum Gasteiger partial charge on any atom is 0.242 e. The molecule has 0 bridgehead atoms. The first-order valence-corrected chi connectivity index (χ1v) is 12.4. The van der Waals surface area contributed by atoms with Crippen LogP contribution in [0.5, 0.6) is 0 Å². The van der Waals surface area contributed by atoms with Crippen LogP contribution in [0.2, 0.25) is 15.1 Å². The minimum atomic E-state index is -0.622. The Morgan fingerprint density at radius 1 is 1.03 bits per heavy atom. The molecule has 8 heteroatoms. The lowest BCUT2D eigenvalue weighted by molar-refractivity contribution is -0.138. The van der Waals surface area contributed by atoms with Gasteiger partial charge in [0.25, 0.3) is 0 Å². The van der Waals surface area contributed by atoms with E-state index in [1.807, 2.05) is 38.1 Å². The van der Waals surface area contributed by atoms with Gasteiger partial charge >= 0.3 is 0 Å². The van der Waals surface area contributed by atoms with E-state index in [0.29, 0.717) is 20.8 Å². The van der Waals surface area contributed by atoms with Gasteiger partial charge in [-0.25, -0.2) is 0 Å². The zero-order valence-corrected chi connectivity index (χ0v) is 20.9. The molecule has 2 amide bonds. The molecule has 0 aromatic heterocycles. The summed E-state index contributed by atoms with van der Waals surface area (Å²) >= 11 is 19.8. The molecular formula is C23H27Cl3N2O2S. The van der Waals surface area contributed by atoms with E-state index in [2.05, 4.69) is 5.32 Å². The zero-order valence-electron chi connectivity index (χ0n) is 17.8. The van der Waals surface area contributed by atoms with Gasteiger partial charge in [-0.2, -0.15) is 0 Å². The predicted octanol–water partition coefficient (Wildman–Crippen LogP) is 6.21. The van der Waals surface area contributed by atoms with Crippen LogP contribution in [-0.4, -0.2) is 34.6 Å². The van der Waals surface area contributed by atoms with Crippen LogP contribution >= 0.6 is 46.6 Å². The predicted molar refractivity (Wildman–Crippen MR) is 132 cm³/mol. The van der Waals surface area contributed by atoms with Crippen LogP contribution in [0, 0.1) is 0 Å². The topological polar surface area (TPSA) is 49.4 Å². The van der Waals surface area contributed by atoms with Gasteiger partial charge in [0.2, 0.25) is 11.8 Å². The van der Waals surface area contributed by atoms with Crippen LogP contribution in [0.3, 0.4) is 0 Å². The lowest BCUT2D eigenvalue weighted by Gasteiger charge is -2.30. The molecule has 0 radical (unpaired) electrons. The smallest absolute Gasteiger partial charge is 0.242 e. The van der Waals surface area contributed by atoms with E-state index in [-0.39, 0.29) is 30.2 Å². The molecule has 0 aliphatic carbocycles. The van der Waals surface area contributed by atoms with E-state index >= 15 is 0 Å². The van der Waals surface area contributed by atoms with Gasteiger partial charge in [-0.05, 0) is 49.6 Å². The average Bonchev–Trinajstić information content (AvgIpc) is 2.74. The maximum absolute atomic E-state index is 13.1. The second-order valence-electron chi connectivity index (χ2n) is 7.35. The van der Waals surface area contributed by atoms with E-state index in [9.17, 15) is 9.59 Å². The molecule has 31 heavy (non-hydrogen) atoms. The zero-order chi connectivity index (χ0) is 23.0. The summed E-state index contributed by atoms with van der Waals surface area (Å²) < 4.78 is 0. The molecule has 0 heterocycles. The number of thioether (sulfide) groups is 1. The minimum Gasteiger partial charge on any atom is -0.352 e. The number of hydrogen-bond donors (Lipinski definition) is 1. The fourth-order valence-electron chi connectivity index (χ4n) is 2.83. The molecule has 0 aliphatic heterocycles. The first-order valence-electron chi connectivity index (χ1n) is 10.1. The number of carbonyl (C=O) groups excluding carboxylic acids is 2. The van der Waals surface area contributed by atoms with Crippen molar-refractivity contribution in [2.75, 3.05) is 5.75 Å². The molecule has 1 N–H and O–H groups in total. The van der Waals surface area contributed by atoms with Crippen LogP contribution < -0.4 is 5.32 Å². The number of halogens is 3. The molecule has 4 nitrogen and oxygen atoms in total. The van der Waals surface area contributed by atoms with E-state index in [1.54, 1.807) is 30.0 Å². The van der Waals surface area contributed by atoms with Crippen molar-refractivity contribution >= 4 is 58.4 Å². The van der Waals surface area contributed by atoms with Gasteiger partial charge < -0.3 is 10.2 Å². The van der Waals surface area contributed by atoms with Crippen molar-refractivity contribution in [3.05, 3.63) is 68.7 Å². The van der Waals surface area contributed by atoms with Gasteiger partial charge in [0, 0.05) is 23.4 Å². The highest BCUT2D eigenvalue weighted by atomic mass is 35.5. The van der Waals surface area contributed by atoms with Crippen molar-refractivity contribution in [1.82, 2.24) is 10.2 Å². The van der Waals surface area contributed by atoms with Gasteiger partial charge in [-0.1, -0.05) is 66.0 Å². The molecule has 168 valence electrons. The molecular weight excluding hydrogens is 475 g/mol. The highest BCUT2D eigenvalue weighted by Crippen LogP contribution is 2.25. The summed E-state index contributed by atoms with van der Waals surface area (Å²) in [5, 5.41) is 4.51. The summed E-state index contributed by atoms with van der Waals surface area (Å²) in [6.45, 7) is 5.96. The Hall–Kier alpha value is -1.40. The molecule has 2 atom stereocenters. The first-order chi connectivity index (χ1) is 14.7. The normalized spacial score (nSPS) is 12.8. The SMILES string of the molecule is CC[C@@H](C)NC(=O)[C@H](C)N(Cc1ccccc1Cl)C(=O)CSCc1ccc(Cl)c(Cl)c1. The number of rotatable bonds is 10. The summed E-state index contributed by atoms with van der Waals surface area (Å²) in [7, 11) is 0. The van der Waals surface area contributed by atoms with E-state index in [4.69, 9.17) is 34.8 Å². The average molecular weight is 502 g/mol. The van der Waals surface area contributed by atoms with Crippen molar-refractivity contribution in [3.8, 4) is 0 Å². The van der Waals surface area contributed by atoms with Gasteiger partial charge in [-0.15, -0.1) is 11.8 Å². The molecule has 2 aromatic carbocycles. The van der Waals surface area contributed by atoms with Crippen LogP contribution in [0.4, 0.5) is 0 Å². The summed E-state index contributed by atoms with van der Waals surface area (Å²) in [5.41, 5.74) is 1.78.